The van der Waals surface area contributed by atoms with E-state index in [4.69, 9.17) is 11.6 Å². The Morgan fingerprint density at radius 3 is 2.78 bits per heavy atom. The number of hydrogen-bond donors (Lipinski definition) is 1. The minimum atomic E-state index is -4.51. The first-order valence-electron chi connectivity index (χ1n) is 6.84. The van der Waals surface area contributed by atoms with Gasteiger partial charge in [-0.15, -0.1) is 11.3 Å². The lowest BCUT2D eigenvalue weighted by Crippen LogP contribution is -2.38. The van der Waals surface area contributed by atoms with Gasteiger partial charge >= 0.3 is 12.2 Å². The molecule has 0 atom stereocenters. The number of amides is 2. The molecule has 0 saturated carbocycles. The molecule has 1 aromatic heterocycles. The third-order valence-corrected chi connectivity index (χ3v) is 4.96. The number of thiophene rings is 1. The fraction of sp³-hybridized carbons (Fsp3) is 0.267. The standard InChI is InChI=1S/C15H12ClF3N2OS/c16-13-7-9-8-21(6-5-12(9)23-13)14(22)20-11-4-2-1-3-10(11)15(17,18)19/h1-4,7H,5-6,8H2,(H,20,22). The zero-order valence-corrected chi connectivity index (χ0v) is 13.4. The molecule has 2 amide bonds. The lowest BCUT2D eigenvalue weighted by atomic mass is 10.1. The largest absolute Gasteiger partial charge is 0.418 e. The highest BCUT2D eigenvalue weighted by Gasteiger charge is 2.34. The van der Waals surface area contributed by atoms with Gasteiger partial charge in [-0.25, -0.2) is 4.79 Å². The van der Waals surface area contributed by atoms with Crippen LogP contribution >= 0.6 is 22.9 Å². The number of nitrogens with one attached hydrogen (secondary N) is 1. The number of benzene rings is 1. The summed E-state index contributed by atoms with van der Waals surface area (Å²) in [4.78, 5) is 14.9. The Bertz CT molecular complexity index is 745. The molecule has 0 fully saturated rings. The van der Waals surface area contributed by atoms with Crippen LogP contribution in [0.1, 0.15) is 16.0 Å². The van der Waals surface area contributed by atoms with Gasteiger partial charge in [-0.05, 0) is 30.2 Å². The monoisotopic (exact) mass is 360 g/mol. The molecule has 8 heteroatoms. The van der Waals surface area contributed by atoms with Gasteiger partial charge < -0.3 is 10.2 Å². The van der Waals surface area contributed by atoms with Crippen molar-refractivity contribution < 1.29 is 18.0 Å². The molecular formula is C15H12ClF3N2OS. The van der Waals surface area contributed by atoms with E-state index in [1.165, 1.54) is 34.4 Å². The maximum atomic E-state index is 13.0. The molecule has 3 rings (SSSR count). The van der Waals surface area contributed by atoms with Crippen LogP contribution in [0.3, 0.4) is 0 Å². The minimum absolute atomic E-state index is 0.237. The Balaban J connectivity index is 1.76. The highest BCUT2D eigenvalue weighted by Crippen LogP contribution is 2.35. The lowest BCUT2D eigenvalue weighted by molar-refractivity contribution is -0.136. The molecule has 0 unspecified atom stereocenters. The molecular weight excluding hydrogens is 349 g/mol. The van der Waals surface area contributed by atoms with Crippen molar-refractivity contribution in [1.29, 1.82) is 0 Å². The molecule has 0 radical (unpaired) electrons. The highest BCUT2D eigenvalue weighted by atomic mass is 35.5. The van der Waals surface area contributed by atoms with E-state index in [1.807, 2.05) is 0 Å². The Labute approximate surface area is 139 Å². The number of para-hydroxylation sites is 1. The van der Waals surface area contributed by atoms with E-state index in [9.17, 15) is 18.0 Å². The number of carbonyl (C=O) groups excluding carboxylic acids is 1. The summed E-state index contributed by atoms with van der Waals surface area (Å²) < 4.78 is 39.5. The van der Waals surface area contributed by atoms with Crippen LogP contribution in [-0.4, -0.2) is 17.5 Å². The number of urea groups is 1. The van der Waals surface area contributed by atoms with Crippen LogP contribution in [-0.2, 0) is 19.1 Å². The van der Waals surface area contributed by atoms with Crippen LogP contribution in [0.25, 0.3) is 0 Å². The third kappa shape index (κ3) is 3.45. The van der Waals surface area contributed by atoms with Crippen LogP contribution in [0, 0.1) is 0 Å². The summed E-state index contributed by atoms with van der Waals surface area (Å²) in [6, 6.07) is 6.19. The number of rotatable bonds is 1. The summed E-state index contributed by atoms with van der Waals surface area (Å²) in [5.41, 5.74) is -0.144. The van der Waals surface area contributed by atoms with Crippen molar-refractivity contribution in [3.05, 3.63) is 50.7 Å². The van der Waals surface area contributed by atoms with Crippen LogP contribution < -0.4 is 5.32 Å². The predicted octanol–water partition coefficient (Wildman–Crippen LogP) is 5.01. The van der Waals surface area contributed by atoms with Crippen molar-refractivity contribution in [2.75, 3.05) is 11.9 Å². The number of hydrogen-bond acceptors (Lipinski definition) is 2. The fourth-order valence-corrected chi connectivity index (χ4v) is 3.80. The second-order valence-electron chi connectivity index (χ2n) is 5.14. The summed E-state index contributed by atoms with van der Waals surface area (Å²) in [6.07, 6.45) is -3.86. The molecule has 1 aliphatic rings. The summed E-state index contributed by atoms with van der Waals surface area (Å²) in [7, 11) is 0. The summed E-state index contributed by atoms with van der Waals surface area (Å²) >= 11 is 7.43. The van der Waals surface area contributed by atoms with E-state index in [-0.39, 0.29) is 5.69 Å². The summed E-state index contributed by atoms with van der Waals surface area (Å²) in [5, 5.41) is 2.36. The van der Waals surface area contributed by atoms with Crippen LogP contribution in [0.15, 0.2) is 30.3 Å². The molecule has 0 spiro atoms. The average molecular weight is 361 g/mol. The first-order chi connectivity index (χ1) is 10.8. The minimum Gasteiger partial charge on any atom is -0.320 e. The fourth-order valence-electron chi connectivity index (χ4n) is 2.50. The number of alkyl halides is 3. The van der Waals surface area contributed by atoms with E-state index in [0.717, 1.165) is 16.5 Å². The summed E-state index contributed by atoms with van der Waals surface area (Å²) in [5.74, 6) is 0. The Morgan fingerprint density at radius 2 is 2.04 bits per heavy atom. The van der Waals surface area contributed by atoms with Gasteiger partial charge in [0.05, 0.1) is 15.6 Å². The number of carbonyl (C=O) groups is 1. The maximum absolute atomic E-state index is 13.0. The molecule has 1 N–H and O–H groups in total. The van der Waals surface area contributed by atoms with Crippen molar-refractivity contribution in [2.45, 2.75) is 19.1 Å². The van der Waals surface area contributed by atoms with E-state index in [0.29, 0.717) is 23.8 Å². The lowest BCUT2D eigenvalue weighted by Gasteiger charge is -2.27. The quantitative estimate of drug-likeness (QED) is 0.761. The van der Waals surface area contributed by atoms with Gasteiger partial charge in [-0.2, -0.15) is 13.2 Å². The maximum Gasteiger partial charge on any atom is 0.418 e. The average Bonchev–Trinajstić information content (AvgIpc) is 2.85. The van der Waals surface area contributed by atoms with Crippen LogP contribution in [0.4, 0.5) is 23.7 Å². The van der Waals surface area contributed by atoms with E-state index >= 15 is 0 Å². The van der Waals surface area contributed by atoms with Crippen molar-refractivity contribution >= 4 is 34.7 Å². The molecule has 1 aliphatic heterocycles. The van der Waals surface area contributed by atoms with Crippen molar-refractivity contribution in [3.8, 4) is 0 Å². The summed E-state index contributed by atoms with van der Waals surface area (Å²) in [6.45, 7) is 0.794. The molecule has 1 aromatic carbocycles. The first-order valence-corrected chi connectivity index (χ1v) is 8.03. The molecule has 122 valence electrons. The van der Waals surface area contributed by atoms with Crippen molar-refractivity contribution in [3.63, 3.8) is 0 Å². The smallest absolute Gasteiger partial charge is 0.320 e. The number of anilines is 1. The SMILES string of the molecule is O=C(Nc1ccccc1C(F)(F)F)N1CCc2sc(Cl)cc2C1. The molecule has 0 aliphatic carbocycles. The van der Waals surface area contributed by atoms with Gasteiger partial charge in [0, 0.05) is 18.0 Å². The number of halogens is 4. The van der Waals surface area contributed by atoms with Gasteiger partial charge in [-0.1, -0.05) is 23.7 Å². The Morgan fingerprint density at radius 1 is 1.30 bits per heavy atom. The van der Waals surface area contributed by atoms with Crippen LogP contribution in [0.5, 0.6) is 0 Å². The van der Waals surface area contributed by atoms with Gasteiger partial charge in [0.15, 0.2) is 0 Å². The Kier molecular flexibility index (Phi) is 4.25. The first kappa shape index (κ1) is 16.1. The molecule has 3 nitrogen and oxygen atoms in total. The molecule has 2 aromatic rings. The third-order valence-electron chi connectivity index (χ3n) is 3.60. The zero-order chi connectivity index (χ0) is 16.6. The van der Waals surface area contributed by atoms with Gasteiger partial charge in [0.2, 0.25) is 0 Å². The van der Waals surface area contributed by atoms with Gasteiger partial charge in [-0.3, -0.25) is 0 Å². The zero-order valence-electron chi connectivity index (χ0n) is 11.8. The van der Waals surface area contributed by atoms with E-state index in [2.05, 4.69) is 5.32 Å². The van der Waals surface area contributed by atoms with Gasteiger partial charge in [0.1, 0.15) is 0 Å². The number of fused-ring (bicyclic) bond motifs is 1. The van der Waals surface area contributed by atoms with Crippen molar-refractivity contribution in [2.24, 2.45) is 0 Å². The molecule has 23 heavy (non-hydrogen) atoms. The molecule has 0 bridgehead atoms. The Hall–Kier alpha value is -1.73. The van der Waals surface area contributed by atoms with E-state index in [1.54, 1.807) is 6.07 Å². The van der Waals surface area contributed by atoms with E-state index < -0.39 is 17.8 Å². The van der Waals surface area contributed by atoms with Crippen molar-refractivity contribution in [1.82, 2.24) is 4.90 Å². The van der Waals surface area contributed by atoms with Crippen LogP contribution in [0.2, 0.25) is 4.34 Å². The highest BCUT2D eigenvalue weighted by molar-refractivity contribution is 7.16. The second kappa shape index (κ2) is 6.05. The number of nitrogens with zero attached hydrogens (tertiary/aromatic N) is 1. The van der Waals surface area contributed by atoms with Gasteiger partial charge in [0.25, 0.3) is 0 Å². The predicted molar refractivity (Wildman–Crippen MR) is 83.9 cm³/mol. The topological polar surface area (TPSA) is 32.3 Å². The normalized spacial score (nSPS) is 14.5. The molecule has 0 saturated heterocycles. The molecule has 2 heterocycles. The second-order valence-corrected chi connectivity index (χ2v) is 6.91.